The Kier molecular flexibility index (Phi) is 4.11. The molecule has 3 rings (SSSR count). The average molecular weight is 309 g/mol. The van der Waals surface area contributed by atoms with Crippen LogP contribution in [0, 0.1) is 11.3 Å². The van der Waals surface area contributed by atoms with Crippen LogP contribution in [0.2, 0.25) is 0 Å². The second kappa shape index (κ2) is 6.36. The first-order valence-electron chi connectivity index (χ1n) is 7.28. The Morgan fingerprint density at radius 2 is 2.13 bits per heavy atom. The second-order valence-corrected chi connectivity index (χ2v) is 5.40. The summed E-state index contributed by atoms with van der Waals surface area (Å²) in [7, 11) is 0. The van der Waals surface area contributed by atoms with Gasteiger partial charge in [0.1, 0.15) is 12.3 Å². The van der Waals surface area contributed by atoms with Crippen LogP contribution in [0.1, 0.15) is 27.9 Å². The summed E-state index contributed by atoms with van der Waals surface area (Å²) in [5, 5.41) is 11.5. The molecule has 0 spiro atoms. The van der Waals surface area contributed by atoms with Crippen molar-refractivity contribution in [3.63, 3.8) is 0 Å². The zero-order chi connectivity index (χ0) is 16.2. The fourth-order valence-corrected chi connectivity index (χ4v) is 2.57. The molecule has 116 valence electrons. The van der Waals surface area contributed by atoms with Gasteiger partial charge in [-0.05, 0) is 30.2 Å². The summed E-state index contributed by atoms with van der Waals surface area (Å²) in [6.45, 7) is 1.07. The first-order valence-corrected chi connectivity index (χ1v) is 7.28. The van der Waals surface area contributed by atoms with E-state index in [9.17, 15) is 9.59 Å². The maximum absolute atomic E-state index is 12.4. The second-order valence-electron chi connectivity index (χ2n) is 5.40. The number of hydrogen-bond acceptors (Lipinski definition) is 4. The van der Waals surface area contributed by atoms with E-state index in [1.165, 1.54) is 12.5 Å². The molecule has 0 bridgehead atoms. The van der Waals surface area contributed by atoms with E-state index in [4.69, 9.17) is 9.68 Å². The van der Waals surface area contributed by atoms with Gasteiger partial charge in [0.2, 0.25) is 5.91 Å². The maximum atomic E-state index is 12.4. The third kappa shape index (κ3) is 3.24. The van der Waals surface area contributed by atoms with Crippen molar-refractivity contribution in [2.75, 3.05) is 6.54 Å². The van der Waals surface area contributed by atoms with Crippen LogP contribution in [-0.4, -0.2) is 29.3 Å². The molecular weight excluding hydrogens is 294 g/mol. The highest BCUT2D eigenvalue weighted by Gasteiger charge is 2.32. The molecule has 2 amide bonds. The molecule has 1 aromatic carbocycles. The number of benzene rings is 1. The van der Waals surface area contributed by atoms with Gasteiger partial charge in [-0.1, -0.05) is 12.1 Å². The number of rotatable bonds is 4. The van der Waals surface area contributed by atoms with Gasteiger partial charge in [-0.25, -0.2) is 0 Å². The molecule has 0 radical (unpaired) electrons. The number of hydrogen-bond donors (Lipinski definition) is 1. The molecule has 1 aromatic heterocycles. The Labute approximate surface area is 133 Å². The lowest BCUT2D eigenvalue weighted by molar-refractivity contribution is -0.129. The van der Waals surface area contributed by atoms with E-state index in [2.05, 4.69) is 11.4 Å². The van der Waals surface area contributed by atoms with Crippen LogP contribution in [0.15, 0.2) is 47.3 Å². The number of furan rings is 1. The van der Waals surface area contributed by atoms with Gasteiger partial charge in [0.25, 0.3) is 5.91 Å². The highest BCUT2D eigenvalue weighted by atomic mass is 16.3. The molecule has 2 heterocycles. The number of nitriles is 1. The lowest BCUT2D eigenvalue weighted by Crippen LogP contribution is -2.41. The quantitative estimate of drug-likeness (QED) is 0.931. The number of nitrogens with one attached hydrogen (secondary N) is 1. The zero-order valence-electron chi connectivity index (χ0n) is 12.4. The minimum atomic E-state index is -0.504. The minimum absolute atomic E-state index is 0.0915. The predicted octanol–water partition coefficient (Wildman–Crippen LogP) is 1.68. The third-order valence-electron chi connectivity index (χ3n) is 3.84. The molecule has 2 aromatic rings. The van der Waals surface area contributed by atoms with Crippen LogP contribution in [-0.2, 0) is 11.3 Å². The van der Waals surface area contributed by atoms with Gasteiger partial charge in [-0.2, -0.15) is 5.26 Å². The van der Waals surface area contributed by atoms with Crippen LogP contribution in [0.4, 0.5) is 0 Å². The van der Waals surface area contributed by atoms with Gasteiger partial charge in [0, 0.05) is 13.1 Å². The number of amides is 2. The van der Waals surface area contributed by atoms with Gasteiger partial charge < -0.3 is 14.6 Å². The van der Waals surface area contributed by atoms with Gasteiger partial charge in [-0.3, -0.25) is 9.59 Å². The van der Waals surface area contributed by atoms with E-state index in [0.29, 0.717) is 30.6 Å². The lowest BCUT2D eigenvalue weighted by atomic mass is 10.1. The lowest BCUT2D eigenvalue weighted by Gasteiger charge is -2.17. The number of likely N-dealkylation sites (tertiary alicyclic amines) is 1. The summed E-state index contributed by atoms with van der Waals surface area (Å²) in [4.78, 5) is 26.1. The van der Waals surface area contributed by atoms with Crippen molar-refractivity contribution >= 4 is 11.8 Å². The number of carbonyl (C=O) groups is 2. The molecule has 1 atom stereocenters. The van der Waals surface area contributed by atoms with Crippen molar-refractivity contribution in [1.29, 1.82) is 5.26 Å². The molecule has 6 nitrogen and oxygen atoms in total. The van der Waals surface area contributed by atoms with Crippen molar-refractivity contribution in [2.24, 2.45) is 0 Å². The van der Waals surface area contributed by atoms with Crippen LogP contribution >= 0.6 is 0 Å². The first kappa shape index (κ1) is 14.9. The summed E-state index contributed by atoms with van der Waals surface area (Å²) < 4.78 is 4.87. The van der Waals surface area contributed by atoms with E-state index in [-0.39, 0.29) is 11.8 Å². The summed E-state index contributed by atoms with van der Waals surface area (Å²) in [6, 6.07) is 10.3. The molecule has 1 saturated heterocycles. The zero-order valence-corrected chi connectivity index (χ0v) is 12.4. The van der Waals surface area contributed by atoms with Crippen molar-refractivity contribution in [1.82, 2.24) is 10.2 Å². The summed E-state index contributed by atoms with van der Waals surface area (Å²) in [6.07, 6.45) is 3.35. The van der Waals surface area contributed by atoms with E-state index >= 15 is 0 Å². The largest absolute Gasteiger partial charge is 0.472 e. The Hall–Kier alpha value is -3.07. The standard InChI is InChI=1S/C17H15N3O3/c18-9-12-1-3-13(4-2-12)10-20-7-5-15(17(20)22)19-16(21)14-6-8-23-11-14/h1-4,6,8,11,15H,5,7,10H2,(H,19,21)/t15-/m1/s1. The number of carbonyl (C=O) groups excluding carboxylic acids is 2. The van der Waals surface area contributed by atoms with Gasteiger partial charge in [0.05, 0.1) is 23.5 Å². The SMILES string of the molecule is N#Cc1ccc(CN2CC[C@@H](NC(=O)c3ccoc3)C2=O)cc1. The topological polar surface area (TPSA) is 86.3 Å². The smallest absolute Gasteiger partial charge is 0.255 e. The fraction of sp³-hybridized carbons (Fsp3) is 0.235. The highest BCUT2D eigenvalue weighted by molar-refractivity contribution is 5.97. The van der Waals surface area contributed by atoms with Crippen molar-refractivity contribution in [3.05, 3.63) is 59.5 Å². The van der Waals surface area contributed by atoms with Crippen LogP contribution in [0.5, 0.6) is 0 Å². The molecule has 0 unspecified atom stereocenters. The van der Waals surface area contributed by atoms with E-state index in [1.807, 2.05) is 12.1 Å². The predicted molar refractivity (Wildman–Crippen MR) is 81.2 cm³/mol. The van der Waals surface area contributed by atoms with Crippen LogP contribution in [0.25, 0.3) is 0 Å². The normalized spacial score (nSPS) is 17.1. The summed E-state index contributed by atoms with van der Waals surface area (Å²) >= 11 is 0. The van der Waals surface area contributed by atoms with Gasteiger partial charge in [0.15, 0.2) is 0 Å². The average Bonchev–Trinajstić information content (AvgIpc) is 3.21. The van der Waals surface area contributed by atoms with E-state index in [0.717, 1.165) is 5.56 Å². The summed E-state index contributed by atoms with van der Waals surface area (Å²) in [5.41, 5.74) is 1.95. The summed E-state index contributed by atoms with van der Waals surface area (Å²) in [5.74, 6) is -0.400. The maximum Gasteiger partial charge on any atom is 0.255 e. The molecular formula is C17H15N3O3. The van der Waals surface area contributed by atoms with Crippen molar-refractivity contribution in [2.45, 2.75) is 19.0 Å². The monoisotopic (exact) mass is 309 g/mol. The third-order valence-corrected chi connectivity index (χ3v) is 3.84. The van der Waals surface area contributed by atoms with Gasteiger partial charge in [-0.15, -0.1) is 0 Å². The molecule has 1 N–H and O–H groups in total. The fourth-order valence-electron chi connectivity index (χ4n) is 2.57. The highest BCUT2D eigenvalue weighted by Crippen LogP contribution is 2.16. The Bertz CT molecular complexity index is 744. The van der Waals surface area contributed by atoms with E-state index < -0.39 is 6.04 Å². The van der Waals surface area contributed by atoms with E-state index in [1.54, 1.807) is 23.1 Å². The molecule has 1 aliphatic rings. The van der Waals surface area contributed by atoms with Crippen molar-refractivity contribution < 1.29 is 14.0 Å². The molecule has 0 aliphatic carbocycles. The molecule has 0 saturated carbocycles. The van der Waals surface area contributed by atoms with Crippen molar-refractivity contribution in [3.8, 4) is 6.07 Å². The molecule has 1 aliphatic heterocycles. The van der Waals surface area contributed by atoms with Crippen LogP contribution in [0.3, 0.4) is 0 Å². The van der Waals surface area contributed by atoms with Crippen LogP contribution < -0.4 is 5.32 Å². The molecule has 1 fully saturated rings. The first-order chi connectivity index (χ1) is 11.2. The Morgan fingerprint density at radius 3 is 2.78 bits per heavy atom. The van der Waals surface area contributed by atoms with Gasteiger partial charge >= 0.3 is 0 Å². The Morgan fingerprint density at radius 1 is 1.35 bits per heavy atom. The molecule has 6 heteroatoms. The minimum Gasteiger partial charge on any atom is -0.472 e. The Balaban J connectivity index is 1.60. The number of nitrogens with zero attached hydrogens (tertiary/aromatic N) is 2. The molecule has 23 heavy (non-hydrogen) atoms.